The molecule has 0 saturated carbocycles. The van der Waals surface area contributed by atoms with Crippen molar-refractivity contribution in [1.82, 2.24) is 9.55 Å². The maximum Gasteiger partial charge on any atom is 0.230 e. The van der Waals surface area contributed by atoms with Crippen molar-refractivity contribution in [3.05, 3.63) is 71.4 Å². The maximum atomic E-state index is 9.53. The van der Waals surface area contributed by atoms with Crippen molar-refractivity contribution in [2.24, 2.45) is 0 Å². The number of aliphatic hydroxyl groups is 1. The molecule has 0 bridgehead atoms. The van der Waals surface area contributed by atoms with Gasteiger partial charge in [-0.25, -0.2) is 0 Å². The summed E-state index contributed by atoms with van der Waals surface area (Å²) in [6.45, 7) is 4.82. The first kappa shape index (κ1) is 18.4. The smallest absolute Gasteiger partial charge is 0.230 e. The summed E-state index contributed by atoms with van der Waals surface area (Å²) in [6, 6.07) is 12.0. The summed E-state index contributed by atoms with van der Waals surface area (Å²) < 4.78 is 19.4. The molecular weight excluding hydrogens is 356 g/mol. The van der Waals surface area contributed by atoms with E-state index in [-0.39, 0.29) is 19.5 Å². The number of aryl methyl sites for hydroxylation is 1. The van der Waals surface area contributed by atoms with Gasteiger partial charge < -0.3 is 23.9 Å². The van der Waals surface area contributed by atoms with Gasteiger partial charge >= 0.3 is 0 Å². The third kappa shape index (κ3) is 3.43. The normalized spacial score (nSPS) is 14.5. The van der Waals surface area contributed by atoms with Crippen LogP contribution in [-0.2, 0) is 22.4 Å². The van der Waals surface area contributed by atoms with Crippen LogP contribution in [-0.4, -0.2) is 34.2 Å². The van der Waals surface area contributed by atoms with E-state index < -0.39 is 0 Å². The van der Waals surface area contributed by atoms with Crippen LogP contribution in [0.3, 0.4) is 0 Å². The number of hydrogen-bond acceptors (Lipinski definition) is 5. The van der Waals surface area contributed by atoms with Crippen molar-refractivity contribution in [3.8, 4) is 5.75 Å². The average molecular weight is 380 g/mol. The number of hydrogen-bond donors (Lipinski definition) is 1. The number of aromatic nitrogens is 2. The Morgan fingerprint density at radius 1 is 1.21 bits per heavy atom. The number of aliphatic hydroxyl groups excluding tert-OH is 1. The zero-order chi connectivity index (χ0) is 19.5. The molecule has 1 aliphatic rings. The summed E-state index contributed by atoms with van der Waals surface area (Å²) in [7, 11) is 0. The van der Waals surface area contributed by atoms with Crippen LogP contribution >= 0.6 is 0 Å². The van der Waals surface area contributed by atoms with Gasteiger partial charge in [-0.3, -0.25) is 4.98 Å². The van der Waals surface area contributed by atoms with Gasteiger partial charge in [-0.05, 0) is 25.0 Å². The Kier molecular flexibility index (Phi) is 5.21. The molecule has 0 radical (unpaired) electrons. The van der Waals surface area contributed by atoms with Crippen molar-refractivity contribution in [3.63, 3.8) is 0 Å². The summed E-state index contributed by atoms with van der Waals surface area (Å²) in [4.78, 5) is 4.54. The predicted molar refractivity (Wildman–Crippen MR) is 106 cm³/mol. The lowest BCUT2D eigenvalue weighted by atomic mass is 10.1. The fraction of sp³-hybridized carbons (Fsp3) is 0.318. The lowest BCUT2D eigenvalue weighted by Gasteiger charge is -2.20. The molecule has 1 unspecified atom stereocenters. The number of ether oxygens (including phenoxy) is 3. The van der Waals surface area contributed by atoms with Crippen LogP contribution in [0.1, 0.15) is 16.8 Å². The Labute approximate surface area is 164 Å². The molecule has 3 aromatic rings. The third-order valence-corrected chi connectivity index (χ3v) is 5.13. The zero-order valence-electron chi connectivity index (χ0n) is 16.1. The summed E-state index contributed by atoms with van der Waals surface area (Å²) >= 11 is 0. The van der Waals surface area contributed by atoms with Gasteiger partial charge in [0.15, 0.2) is 11.9 Å². The van der Waals surface area contributed by atoms with E-state index in [1.807, 2.05) is 38.1 Å². The van der Waals surface area contributed by atoms with Gasteiger partial charge in [0.25, 0.3) is 0 Å². The Morgan fingerprint density at radius 3 is 2.75 bits per heavy atom. The first-order chi connectivity index (χ1) is 13.7. The van der Waals surface area contributed by atoms with Crippen LogP contribution in [0.5, 0.6) is 5.75 Å². The Bertz CT molecular complexity index is 995. The van der Waals surface area contributed by atoms with E-state index in [2.05, 4.69) is 21.7 Å². The monoisotopic (exact) mass is 380 g/mol. The van der Waals surface area contributed by atoms with Crippen LogP contribution in [0.2, 0.25) is 0 Å². The number of benzene rings is 1. The second kappa shape index (κ2) is 7.94. The van der Waals surface area contributed by atoms with E-state index in [1.54, 1.807) is 12.5 Å². The van der Waals surface area contributed by atoms with E-state index >= 15 is 0 Å². The van der Waals surface area contributed by atoms with Crippen LogP contribution in [0.4, 0.5) is 0 Å². The highest BCUT2D eigenvalue weighted by molar-refractivity contribution is 5.86. The zero-order valence-corrected chi connectivity index (χ0v) is 16.1. The quantitative estimate of drug-likeness (QED) is 0.680. The molecule has 2 aromatic heterocycles. The standard InChI is InChI=1S/C22H24N2O4/c1-15-16(2)24(10-11-25)22-18(8-9-23-21(15)22)28-19(20-13-26-14-27-20)12-17-6-4-3-5-7-17/h3-9,13,19,25H,10-12,14H2,1-2H3. The van der Waals surface area contributed by atoms with Gasteiger partial charge in [0, 0.05) is 30.9 Å². The van der Waals surface area contributed by atoms with Crippen molar-refractivity contribution in [2.75, 3.05) is 13.4 Å². The van der Waals surface area contributed by atoms with Crippen molar-refractivity contribution < 1.29 is 19.3 Å². The Morgan fingerprint density at radius 2 is 2.04 bits per heavy atom. The van der Waals surface area contributed by atoms with E-state index in [0.29, 0.717) is 24.5 Å². The van der Waals surface area contributed by atoms with Crippen LogP contribution < -0.4 is 4.74 Å². The Balaban J connectivity index is 1.74. The lowest BCUT2D eigenvalue weighted by molar-refractivity contribution is 0.0559. The van der Waals surface area contributed by atoms with Gasteiger partial charge in [0.05, 0.1) is 12.1 Å². The van der Waals surface area contributed by atoms with E-state index in [4.69, 9.17) is 14.2 Å². The fourth-order valence-corrected chi connectivity index (χ4v) is 3.59. The first-order valence-corrected chi connectivity index (χ1v) is 9.39. The third-order valence-electron chi connectivity index (χ3n) is 5.13. The van der Waals surface area contributed by atoms with Gasteiger partial charge in [0.1, 0.15) is 17.5 Å². The fourth-order valence-electron chi connectivity index (χ4n) is 3.59. The molecule has 3 heterocycles. The second-order valence-corrected chi connectivity index (χ2v) is 6.84. The second-order valence-electron chi connectivity index (χ2n) is 6.84. The summed E-state index contributed by atoms with van der Waals surface area (Å²) in [5.41, 5.74) is 5.09. The molecule has 0 fully saturated rings. The highest BCUT2D eigenvalue weighted by Crippen LogP contribution is 2.33. The molecule has 4 rings (SSSR count). The minimum absolute atomic E-state index is 0.0495. The molecule has 1 N–H and O–H groups in total. The number of fused-ring (bicyclic) bond motifs is 1. The number of rotatable bonds is 7. The summed E-state index contributed by atoms with van der Waals surface area (Å²) in [6.07, 6.45) is 3.70. The molecule has 146 valence electrons. The topological polar surface area (TPSA) is 65.7 Å². The molecular formula is C22H24N2O4. The molecule has 1 aliphatic heterocycles. The molecule has 6 heteroatoms. The number of pyridine rings is 1. The van der Waals surface area contributed by atoms with Gasteiger partial charge in [-0.15, -0.1) is 0 Å². The van der Waals surface area contributed by atoms with Crippen LogP contribution in [0, 0.1) is 13.8 Å². The Hall–Kier alpha value is -2.99. The first-order valence-electron chi connectivity index (χ1n) is 9.39. The molecule has 6 nitrogen and oxygen atoms in total. The van der Waals surface area contributed by atoms with Gasteiger partial charge in [-0.2, -0.15) is 0 Å². The van der Waals surface area contributed by atoms with Gasteiger partial charge in [0.2, 0.25) is 6.79 Å². The molecule has 0 amide bonds. The van der Waals surface area contributed by atoms with E-state index in [1.165, 1.54) is 0 Å². The van der Waals surface area contributed by atoms with E-state index in [9.17, 15) is 5.11 Å². The SMILES string of the molecule is Cc1c(C)n(CCO)c2c(OC(Cc3ccccc3)C3=COCO3)ccnc12. The van der Waals surface area contributed by atoms with Crippen LogP contribution in [0.15, 0.2) is 54.6 Å². The summed E-state index contributed by atoms with van der Waals surface area (Å²) in [5, 5.41) is 9.53. The highest BCUT2D eigenvalue weighted by atomic mass is 16.7. The van der Waals surface area contributed by atoms with Crippen molar-refractivity contribution in [2.45, 2.75) is 32.9 Å². The minimum Gasteiger partial charge on any atom is -0.480 e. The largest absolute Gasteiger partial charge is 0.480 e. The molecule has 1 atom stereocenters. The number of nitrogens with zero attached hydrogens (tertiary/aromatic N) is 2. The maximum absolute atomic E-state index is 9.53. The van der Waals surface area contributed by atoms with Crippen molar-refractivity contribution >= 4 is 11.0 Å². The lowest BCUT2D eigenvalue weighted by Crippen LogP contribution is -2.23. The highest BCUT2D eigenvalue weighted by Gasteiger charge is 2.25. The summed E-state index contributed by atoms with van der Waals surface area (Å²) in [5.74, 6) is 1.38. The predicted octanol–water partition coefficient (Wildman–Crippen LogP) is 3.48. The average Bonchev–Trinajstić information content (AvgIpc) is 3.33. The van der Waals surface area contributed by atoms with E-state index in [0.717, 1.165) is 27.9 Å². The minimum atomic E-state index is -0.325. The molecule has 0 aliphatic carbocycles. The molecule has 0 spiro atoms. The molecule has 1 aromatic carbocycles. The molecule has 0 saturated heterocycles. The van der Waals surface area contributed by atoms with Gasteiger partial charge in [-0.1, -0.05) is 30.3 Å². The van der Waals surface area contributed by atoms with Crippen molar-refractivity contribution in [1.29, 1.82) is 0 Å². The molecule has 28 heavy (non-hydrogen) atoms. The van der Waals surface area contributed by atoms with Crippen LogP contribution in [0.25, 0.3) is 11.0 Å².